The van der Waals surface area contributed by atoms with E-state index in [1.807, 2.05) is 17.6 Å². The number of hydrogen-bond acceptors (Lipinski definition) is 6. The Balaban J connectivity index is 1.42. The third-order valence-electron chi connectivity index (χ3n) is 6.80. The SMILES string of the molecule is CCc1nc2cccc(C(=O)O)c2n1Cc1ccc2c(c1)CCc1ccccc1N2Cc1nn[nH]n1. The first-order valence-corrected chi connectivity index (χ1v) is 12.0. The number of tetrazole rings is 1. The van der Waals surface area contributed by atoms with Gasteiger partial charge >= 0.3 is 5.97 Å². The smallest absolute Gasteiger partial charge is 0.337 e. The van der Waals surface area contributed by atoms with Crippen molar-refractivity contribution < 1.29 is 9.90 Å². The second-order valence-corrected chi connectivity index (χ2v) is 8.95. The van der Waals surface area contributed by atoms with Crippen LogP contribution in [0.15, 0.2) is 60.7 Å². The highest BCUT2D eigenvalue weighted by molar-refractivity contribution is 6.01. The van der Waals surface area contributed by atoms with E-state index < -0.39 is 5.97 Å². The van der Waals surface area contributed by atoms with E-state index in [1.54, 1.807) is 12.1 Å². The van der Waals surface area contributed by atoms with Gasteiger partial charge in [0.05, 0.1) is 23.1 Å². The van der Waals surface area contributed by atoms with Crippen molar-refractivity contribution in [2.45, 2.75) is 39.3 Å². The Morgan fingerprint density at radius 3 is 2.64 bits per heavy atom. The largest absolute Gasteiger partial charge is 0.478 e. The molecule has 1 aliphatic heterocycles. The molecule has 9 heteroatoms. The van der Waals surface area contributed by atoms with Gasteiger partial charge in [-0.2, -0.15) is 5.21 Å². The van der Waals surface area contributed by atoms with E-state index in [4.69, 9.17) is 4.98 Å². The summed E-state index contributed by atoms with van der Waals surface area (Å²) in [6.45, 7) is 3.10. The first-order chi connectivity index (χ1) is 17.6. The highest BCUT2D eigenvalue weighted by Gasteiger charge is 2.23. The van der Waals surface area contributed by atoms with Crippen molar-refractivity contribution in [3.63, 3.8) is 0 Å². The number of aryl methyl sites for hydroxylation is 3. The standard InChI is InChI=1S/C27H25N7O2/c1-2-25-28-21-8-5-7-20(27(35)36)26(21)34(25)15-17-10-13-23-19(14-17)12-11-18-6-3-4-9-22(18)33(23)16-24-29-31-32-30-24/h3-10,13-14H,2,11-12,15-16H2,1H3,(H,35,36)(H,29,30,31,32). The molecule has 0 radical (unpaired) electrons. The minimum absolute atomic E-state index is 0.274. The van der Waals surface area contributed by atoms with Gasteiger partial charge in [0.2, 0.25) is 0 Å². The molecular weight excluding hydrogens is 454 g/mol. The van der Waals surface area contributed by atoms with Crippen LogP contribution in [0, 0.1) is 0 Å². The number of hydrogen-bond donors (Lipinski definition) is 2. The van der Waals surface area contributed by atoms with Crippen LogP contribution in [0.1, 0.15) is 45.6 Å². The second kappa shape index (κ2) is 8.92. The Labute approximate surface area is 207 Å². The van der Waals surface area contributed by atoms with Gasteiger partial charge in [0, 0.05) is 24.3 Å². The Hall–Kier alpha value is -4.53. The Morgan fingerprint density at radius 2 is 1.83 bits per heavy atom. The predicted molar refractivity (Wildman–Crippen MR) is 135 cm³/mol. The molecule has 3 heterocycles. The maximum absolute atomic E-state index is 12.0. The average molecular weight is 480 g/mol. The molecule has 0 saturated carbocycles. The molecule has 0 saturated heterocycles. The van der Waals surface area contributed by atoms with Gasteiger partial charge in [-0.15, -0.1) is 10.2 Å². The third-order valence-corrected chi connectivity index (χ3v) is 6.80. The summed E-state index contributed by atoms with van der Waals surface area (Å²) < 4.78 is 2.04. The van der Waals surface area contributed by atoms with Gasteiger partial charge < -0.3 is 14.6 Å². The molecule has 0 fully saturated rings. The van der Waals surface area contributed by atoms with Crippen LogP contribution in [0.3, 0.4) is 0 Å². The lowest BCUT2D eigenvalue weighted by Gasteiger charge is -2.26. The number of aromatic amines is 1. The Kier molecular flexibility index (Phi) is 5.44. The summed E-state index contributed by atoms with van der Waals surface area (Å²) in [5.41, 5.74) is 7.53. The van der Waals surface area contributed by atoms with Gasteiger partial charge in [-0.1, -0.05) is 48.5 Å². The molecule has 9 nitrogen and oxygen atoms in total. The van der Waals surface area contributed by atoms with E-state index in [0.29, 0.717) is 36.4 Å². The zero-order valence-electron chi connectivity index (χ0n) is 19.8. The summed E-state index contributed by atoms with van der Waals surface area (Å²) >= 11 is 0. The number of aromatic nitrogens is 6. The van der Waals surface area contributed by atoms with E-state index >= 15 is 0 Å². The van der Waals surface area contributed by atoms with Crippen LogP contribution in [0.2, 0.25) is 0 Å². The van der Waals surface area contributed by atoms with Gasteiger partial charge in [0.15, 0.2) is 5.82 Å². The van der Waals surface area contributed by atoms with Crippen LogP contribution < -0.4 is 4.90 Å². The number of carboxylic acid groups (broad SMARTS) is 1. The zero-order valence-corrected chi connectivity index (χ0v) is 19.8. The summed E-state index contributed by atoms with van der Waals surface area (Å²) in [5.74, 6) is 0.557. The highest BCUT2D eigenvalue weighted by atomic mass is 16.4. The number of carbonyl (C=O) groups is 1. The number of nitrogens with one attached hydrogen (secondary N) is 1. The van der Waals surface area contributed by atoms with Crippen molar-refractivity contribution >= 4 is 28.4 Å². The summed E-state index contributed by atoms with van der Waals surface area (Å²) in [6.07, 6.45) is 2.54. The average Bonchev–Trinajstić information content (AvgIpc) is 3.50. The maximum atomic E-state index is 12.0. The molecule has 2 aromatic heterocycles. The quantitative estimate of drug-likeness (QED) is 0.373. The topological polar surface area (TPSA) is 113 Å². The van der Waals surface area contributed by atoms with Gasteiger partial charge in [-0.3, -0.25) is 0 Å². The first-order valence-electron chi connectivity index (χ1n) is 12.0. The Bertz CT molecular complexity index is 1570. The fraction of sp³-hybridized carbons (Fsp3) is 0.222. The molecule has 0 unspecified atom stereocenters. The molecule has 5 aromatic rings. The molecule has 0 atom stereocenters. The molecule has 1 aliphatic rings. The summed E-state index contributed by atoms with van der Waals surface area (Å²) in [6, 6.07) is 20.2. The minimum atomic E-state index is -0.943. The summed E-state index contributed by atoms with van der Waals surface area (Å²) in [5, 5.41) is 24.4. The molecule has 0 spiro atoms. The molecule has 3 aromatic carbocycles. The maximum Gasteiger partial charge on any atom is 0.337 e. The molecular formula is C27H25N7O2. The Morgan fingerprint density at radius 1 is 1.00 bits per heavy atom. The van der Waals surface area contributed by atoms with Gasteiger partial charge in [0.25, 0.3) is 0 Å². The molecule has 36 heavy (non-hydrogen) atoms. The number of fused-ring (bicyclic) bond motifs is 3. The van der Waals surface area contributed by atoms with E-state index in [1.165, 1.54) is 11.1 Å². The third kappa shape index (κ3) is 3.78. The number of benzene rings is 3. The number of aromatic carboxylic acids is 1. The fourth-order valence-electron chi connectivity index (χ4n) is 5.18. The van der Waals surface area contributed by atoms with E-state index in [0.717, 1.165) is 35.6 Å². The van der Waals surface area contributed by atoms with E-state index in [9.17, 15) is 9.90 Å². The molecule has 0 bridgehead atoms. The van der Waals surface area contributed by atoms with E-state index in [-0.39, 0.29) is 5.56 Å². The van der Waals surface area contributed by atoms with Crippen LogP contribution in [0.4, 0.5) is 11.4 Å². The van der Waals surface area contributed by atoms with Crippen molar-refractivity contribution in [2.75, 3.05) is 4.90 Å². The monoisotopic (exact) mass is 479 g/mol. The molecule has 2 N–H and O–H groups in total. The number of nitrogens with zero attached hydrogens (tertiary/aromatic N) is 6. The molecule has 0 amide bonds. The number of para-hydroxylation sites is 2. The molecule has 6 rings (SSSR count). The fourth-order valence-corrected chi connectivity index (χ4v) is 5.18. The summed E-state index contributed by atoms with van der Waals surface area (Å²) in [4.78, 5) is 18.9. The van der Waals surface area contributed by atoms with Crippen molar-refractivity contribution in [1.29, 1.82) is 0 Å². The van der Waals surface area contributed by atoms with E-state index in [2.05, 4.69) is 68.0 Å². The number of H-pyrrole nitrogens is 1. The number of anilines is 2. The van der Waals surface area contributed by atoms with Crippen LogP contribution in [0.5, 0.6) is 0 Å². The second-order valence-electron chi connectivity index (χ2n) is 8.95. The van der Waals surface area contributed by atoms with Crippen molar-refractivity contribution in [2.24, 2.45) is 0 Å². The van der Waals surface area contributed by atoms with Gasteiger partial charge in [0.1, 0.15) is 5.82 Å². The van der Waals surface area contributed by atoms with Crippen molar-refractivity contribution in [3.8, 4) is 0 Å². The number of rotatable bonds is 6. The van der Waals surface area contributed by atoms with Crippen LogP contribution in [-0.2, 0) is 32.4 Å². The van der Waals surface area contributed by atoms with Gasteiger partial charge in [-0.05, 0) is 53.8 Å². The number of imidazole rings is 1. The lowest BCUT2D eigenvalue weighted by molar-refractivity contribution is 0.0698. The zero-order chi connectivity index (χ0) is 24.6. The lowest BCUT2D eigenvalue weighted by Crippen LogP contribution is -2.19. The summed E-state index contributed by atoms with van der Waals surface area (Å²) in [7, 11) is 0. The van der Waals surface area contributed by atoms with Crippen LogP contribution in [0.25, 0.3) is 11.0 Å². The van der Waals surface area contributed by atoms with Gasteiger partial charge in [-0.25, -0.2) is 9.78 Å². The molecule has 180 valence electrons. The van der Waals surface area contributed by atoms with Crippen molar-refractivity contribution in [3.05, 3.63) is 94.6 Å². The predicted octanol–water partition coefficient (Wildman–Crippen LogP) is 4.30. The molecule has 0 aliphatic carbocycles. The number of carboxylic acids is 1. The highest BCUT2D eigenvalue weighted by Crippen LogP contribution is 2.37. The lowest BCUT2D eigenvalue weighted by atomic mass is 10.0. The van der Waals surface area contributed by atoms with Crippen molar-refractivity contribution in [1.82, 2.24) is 30.2 Å². The first kappa shape index (κ1) is 22.0. The minimum Gasteiger partial charge on any atom is -0.478 e. The normalized spacial score (nSPS) is 12.9. The van der Waals surface area contributed by atoms with Crippen LogP contribution in [-0.4, -0.2) is 41.3 Å². The van der Waals surface area contributed by atoms with Crippen LogP contribution >= 0.6 is 0 Å².